The van der Waals surface area contributed by atoms with Crippen LogP contribution in [0.25, 0.3) is 16.6 Å². The Labute approximate surface area is 147 Å². The van der Waals surface area contributed by atoms with E-state index in [9.17, 15) is 9.59 Å². The molecule has 0 saturated carbocycles. The highest BCUT2D eigenvalue weighted by atomic mass is 16.2. The number of fused-ring (bicyclic) bond motifs is 1. The second kappa shape index (κ2) is 6.97. The Hall–Kier alpha value is -2.82. The highest BCUT2D eigenvalue weighted by Gasteiger charge is 2.26. The predicted molar refractivity (Wildman–Crippen MR) is 100 cm³/mol. The molecule has 1 amide bonds. The van der Waals surface area contributed by atoms with Crippen LogP contribution in [0, 0.1) is 0 Å². The van der Waals surface area contributed by atoms with Crippen molar-refractivity contribution >= 4 is 16.8 Å². The molecule has 3 aromatic rings. The molecule has 25 heavy (non-hydrogen) atoms. The summed E-state index contributed by atoms with van der Waals surface area (Å²) in [7, 11) is 0. The Balaban J connectivity index is 2.26. The maximum absolute atomic E-state index is 13.0. The van der Waals surface area contributed by atoms with Gasteiger partial charge in [-0.3, -0.25) is 9.59 Å². The first-order valence-corrected chi connectivity index (χ1v) is 8.66. The Morgan fingerprint density at radius 1 is 1.00 bits per heavy atom. The monoisotopic (exact) mass is 337 g/mol. The molecule has 0 aliphatic rings. The summed E-state index contributed by atoms with van der Waals surface area (Å²) in [4.78, 5) is 27.7. The smallest absolute Gasteiger partial charge is 0.275 e. The first-order valence-electron chi connectivity index (χ1n) is 8.66. The largest absolute Gasteiger partial charge is 0.341 e. The summed E-state index contributed by atoms with van der Waals surface area (Å²) in [5, 5.41) is 0.616. The van der Waals surface area contributed by atoms with E-state index in [1.807, 2.05) is 73.1 Å². The quantitative estimate of drug-likeness (QED) is 0.718. The number of hydrogen-bond donors (Lipinski definition) is 0. The predicted octanol–water partition coefficient (Wildman–Crippen LogP) is 3.22. The minimum Gasteiger partial charge on any atom is -0.341 e. The third-order valence-corrected chi connectivity index (χ3v) is 4.59. The van der Waals surface area contributed by atoms with Crippen LogP contribution in [0.2, 0.25) is 0 Å². The molecule has 0 unspecified atom stereocenters. The average molecular weight is 337 g/mol. The zero-order valence-electron chi connectivity index (χ0n) is 14.8. The van der Waals surface area contributed by atoms with Crippen molar-refractivity contribution in [1.82, 2.24) is 14.3 Å². The molecule has 0 saturated heterocycles. The molecule has 0 bridgehead atoms. The molecule has 5 heteroatoms. The van der Waals surface area contributed by atoms with Gasteiger partial charge in [-0.05, 0) is 45.0 Å². The van der Waals surface area contributed by atoms with Gasteiger partial charge in [0, 0.05) is 13.1 Å². The number of carbonyl (C=O) groups is 1. The molecule has 0 aliphatic heterocycles. The third kappa shape index (κ3) is 2.86. The summed E-state index contributed by atoms with van der Waals surface area (Å²) in [5.74, 6) is -0.0490. The van der Waals surface area contributed by atoms with E-state index in [0.29, 0.717) is 18.5 Å². The van der Waals surface area contributed by atoms with Crippen molar-refractivity contribution < 1.29 is 4.79 Å². The Morgan fingerprint density at radius 2 is 1.60 bits per heavy atom. The number of nitrogens with zero attached hydrogens (tertiary/aromatic N) is 3. The number of hydrogen-bond acceptors (Lipinski definition) is 2. The van der Waals surface area contributed by atoms with Gasteiger partial charge in [-0.2, -0.15) is 0 Å². The first-order chi connectivity index (χ1) is 12.1. The molecule has 0 N–H and O–H groups in total. The van der Waals surface area contributed by atoms with Crippen LogP contribution in [0.4, 0.5) is 0 Å². The molecule has 1 atom stereocenters. The van der Waals surface area contributed by atoms with Crippen LogP contribution < -0.4 is 5.56 Å². The van der Waals surface area contributed by atoms with Crippen LogP contribution in [0.3, 0.4) is 0 Å². The average Bonchev–Trinajstić information content (AvgIpc) is 2.95. The normalized spacial score (nSPS) is 12.3. The molecule has 0 aliphatic carbocycles. The number of para-hydroxylation sites is 2. The summed E-state index contributed by atoms with van der Waals surface area (Å²) in [6, 6.07) is 16.6. The van der Waals surface area contributed by atoms with E-state index in [1.165, 1.54) is 0 Å². The number of benzene rings is 2. The van der Waals surface area contributed by atoms with Crippen LogP contribution >= 0.6 is 0 Å². The molecule has 0 fully saturated rings. The van der Waals surface area contributed by atoms with E-state index in [2.05, 4.69) is 0 Å². The molecule has 5 nitrogen and oxygen atoms in total. The van der Waals surface area contributed by atoms with E-state index < -0.39 is 6.04 Å². The van der Waals surface area contributed by atoms with Crippen LogP contribution in [-0.4, -0.2) is 33.3 Å². The van der Waals surface area contributed by atoms with Crippen LogP contribution in [0.15, 0.2) is 59.4 Å². The number of carbonyl (C=O) groups excluding carboxylic acids is 1. The van der Waals surface area contributed by atoms with Gasteiger partial charge in [-0.25, -0.2) is 9.36 Å². The Kier molecular flexibility index (Phi) is 4.74. The lowest BCUT2D eigenvalue weighted by atomic mass is 10.2. The van der Waals surface area contributed by atoms with Gasteiger partial charge in [-0.1, -0.05) is 30.3 Å². The van der Waals surface area contributed by atoms with Crippen LogP contribution in [0.5, 0.6) is 0 Å². The molecular weight excluding hydrogens is 314 g/mol. The highest BCUT2D eigenvalue weighted by Crippen LogP contribution is 2.21. The maximum Gasteiger partial charge on any atom is 0.275 e. The lowest BCUT2D eigenvalue weighted by Crippen LogP contribution is -2.40. The lowest BCUT2D eigenvalue weighted by molar-refractivity contribution is -0.134. The van der Waals surface area contributed by atoms with Crippen LogP contribution in [-0.2, 0) is 4.79 Å². The van der Waals surface area contributed by atoms with E-state index in [1.54, 1.807) is 16.5 Å². The van der Waals surface area contributed by atoms with Crippen molar-refractivity contribution in [2.45, 2.75) is 26.8 Å². The summed E-state index contributed by atoms with van der Waals surface area (Å²) >= 11 is 0. The Morgan fingerprint density at radius 3 is 2.24 bits per heavy atom. The molecule has 1 heterocycles. The molecule has 0 spiro atoms. The van der Waals surface area contributed by atoms with Gasteiger partial charge in [-0.15, -0.1) is 0 Å². The van der Waals surface area contributed by atoms with E-state index >= 15 is 0 Å². The summed E-state index contributed by atoms with van der Waals surface area (Å²) in [6.07, 6.45) is 0. The molecular formula is C20H23N3O2. The molecule has 3 rings (SSSR count). The van der Waals surface area contributed by atoms with E-state index in [-0.39, 0.29) is 11.5 Å². The Bertz CT molecular complexity index is 936. The second-order valence-corrected chi connectivity index (χ2v) is 6.00. The number of aromatic nitrogens is 2. The first kappa shape index (κ1) is 17.0. The maximum atomic E-state index is 13.0. The van der Waals surface area contributed by atoms with Gasteiger partial charge < -0.3 is 4.90 Å². The van der Waals surface area contributed by atoms with Crippen molar-refractivity contribution in [2.75, 3.05) is 13.1 Å². The summed E-state index contributed by atoms with van der Waals surface area (Å²) in [6.45, 7) is 6.94. The fourth-order valence-electron chi connectivity index (χ4n) is 3.26. The minimum atomic E-state index is -0.583. The van der Waals surface area contributed by atoms with E-state index in [4.69, 9.17) is 0 Å². The zero-order valence-corrected chi connectivity index (χ0v) is 14.8. The second-order valence-electron chi connectivity index (χ2n) is 6.00. The van der Waals surface area contributed by atoms with Crippen molar-refractivity contribution in [2.24, 2.45) is 0 Å². The molecule has 0 radical (unpaired) electrons. The fraction of sp³-hybridized carbons (Fsp3) is 0.300. The van der Waals surface area contributed by atoms with Crippen molar-refractivity contribution in [1.29, 1.82) is 0 Å². The van der Waals surface area contributed by atoms with Crippen molar-refractivity contribution in [3.8, 4) is 5.69 Å². The van der Waals surface area contributed by atoms with Gasteiger partial charge >= 0.3 is 0 Å². The lowest BCUT2D eigenvalue weighted by Gasteiger charge is -2.25. The molecule has 2 aromatic carbocycles. The number of rotatable bonds is 5. The molecule has 1 aromatic heterocycles. The third-order valence-electron chi connectivity index (χ3n) is 4.59. The summed E-state index contributed by atoms with van der Waals surface area (Å²) in [5.41, 5.74) is 1.52. The van der Waals surface area contributed by atoms with Crippen molar-refractivity contribution in [3.63, 3.8) is 0 Å². The topological polar surface area (TPSA) is 47.2 Å². The van der Waals surface area contributed by atoms with E-state index in [0.717, 1.165) is 11.2 Å². The number of amides is 1. The number of likely N-dealkylation sites (N-methyl/N-ethyl adjacent to an activating group) is 1. The fourth-order valence-corrected chi connectivity index (χ4v) is 3.26. The molecule has 130 valence electrons. The van der Waals surface area contributed by atoms with Gasteiger partial charge in [0.05, 0.1) is 16.6 Å². The SMILES string of the molecule is CCN(CC)C(=O)[C@@H](C)n1c(=O)c2ccccc2n1-c1ccccc1. The van der Waals surface area contributed by atoms with Gasteiger partial charge in [0.2, 0.25) is 5.91 Å². The zero-order chi connectivity index (χ0) is 18.0. The minimum absolute atomic E-state index is 0.0490. The van der Waals surface area contributed by atoms with Gasteiger partial charge in [0.1, 0.15) is 6.04 Å². The van der Waals surface area contributed by atoms with Gasteiger partial charge in [0.15, 0.2) is 0 Å². The standard InChI is InChI=1S/C20H23N3O2/c1-4-21(5-2)19(24)15(3)22-20(25)17-13-9-10-14-18(17)23(22)16-11-7-6-8-12-16/h6-15H,4-5H2,1-3H3/t15-/m1/s1. The van der Waals surface area contributed by atoms with Crippen LogP contribution in [0.1, 0.15) is 26.8 Å². The van der Waals surface area contributed by atoms with Gasteiger partial charge in [0.25, 0.3) is 5.56 Å². The highest BCUT2D eigenvalue weighted by molar-refractivity contribution is 5.83. The summed E-state index contributed by atoms with van der Waals surface area (Å²) < 4.78 is 3.42. The van der Waals surface area contributed by atoms with Crippen molar-refractivity contribution in [3.05, 3.63) is 65.0 Å².